The van der Waals surface area contributed by atoms with Gasteiger partial charge in [-0.2, -0.15) is 0 Å². The van der Waals surface area contributed by atoms with Gasteiger partial charge in [-0.1, -0.05) is 0 Å². The van der Waals surface area contributed by atoms with Gasteiger partial charge in [0, 0.05) is 35.4 Å². The first-order valence-electron chi connectivity index (χ1n) is 5.38. The van der Waals surface area contributed by atoms with E-state index in [1.807, 2.05) is 0 Å². The van der Waals surface area contributed by atoms with Crippen LogP contribution in [-0.2, 0) is 10.8 Å². The number of nitrogens with zero attached hydrogens (tertiary/aromatic N) is 2. The Hall–Kier alpha value is -2.03. The lowest BCUT2D eigenvalue weighted by molar-refractivity contribution is -0.393. The Balaban J connectivity index is 2.79. The van der Waals surface area contributed by atoms with Crippen molar-refractivity contribution in [3.63, 3.8) is 0 Å². The second-order valence-electron chi connectivity index (χ2n) is 3.77. The summed E-state index contributed by atoms with van der Waals surface area (Å²) in [5.41, 5.74) is -0.448. The van der Waals surface area contributed by atoms with Gasteiger partial charge in [-0.3, -0.25) is 24.4 Å². The lowest BCUT2D eigenvalue weighted by atomic mass is 10.2. The fraction of sp³-hybridized carbons (Fsp3) is 0.400. The summed E-state index contributed by atoms with van der Waals surface area (Å²) in [6.07, 6.45) is 2.17. The number of benzene rings is 1. The van der Waals surface area contributed by atoms with Gasteiger partial charge < -0.3 is 5.32 Å². The minimum Gasteiger partial charge on any atom is -0.379 e. The van der Waals surface area contributed by atoms with Gasteiger partial charge in [-0.05, 0) is 12.5 Å². The summed E-state index contributed by atoms with van der Waals surface area (Å²) < 4.78 is 10.9. The molecule has 0 fully saturated rings. The molecule has 0 bridgehead atoms. The molecule has 9 heteroatoms. The number of nitro benzene ring substituents is 2. The van der Waals surface area contributed by atoms with E-state index in [0.29, 0.717) is 18.7 Å². The Bertz CT molecular complexity index is 520. The summed E-state index contributed by atoms with van der Waals surface area (Å²) in [6.45, 7) is 0.415. The van der Waals surface area contributed by atoms with E-state index in [4.69, 9.17) is 0 Å². The molecule has 1 N–H and O–H groups in total. The molecule has 0 saturated carbocycles. The van der Waals surface area contributed by atoms with Gasteiger partial charge in [-0.15, -0.1) is 0 Å². The Morgan fingerprint density at radius 1 is 1.26 bits per heavy atom. The Kier molecular flexibility index (Phi) is 5.37. The van der Waals surface area contributed by atoms with Crippen molar-refractivity contribution in [1.29, 1.82) is 0 Å². The molecule has 1 atom stereocenters. The first-order valence-corrected chi connectivity index (χ1v) is 7.11. The summed E-state index contributed by atoms with van der Waals surface area (Å²) in [6, 6.07) is 3.42. The molecule has 8 nitrogen and oxygen atoms in total. The average molecular weight is 287 g/mol. The number of non-ortho nitro benzene ring substituents is 1. The molecular weight excluding hydrogens is 274 g/mol. The normalized spacial score (nSPS) is 11.8. The van der Waals surface area contributed by atoms with Crippen LogP contribution < -0.4 is 5.32 Å². The lowest BCUT2D eigenvalue weighted by Gasteiger charge is -2.06. The van der Waals surface area contributed by atoms with Gasteiger partial charge in [0.15, 0.2) is 0 Å². The fourth-order valence-electron chi connectivity index (χ4n) is 1.43. The number of rotatable bonds is 7. The highest BCUT2D eigenvalue weighted by Gasteiger charge is 2.18. The molecule has 1 aromatic rings. The first kappa shape index (κ1) is 15.0. The lowest BCUT2D eigenvalue weighted by Crippen LogP contribution is -2.08. The maximum absolute atomic E-state index is 10.9. The molecule has 0 saturated heterocycles. The molecule has 1 rings (SSSR count). The van der Waals surface area contributed by atoms with Crippen molar-refractivity contribution in [3.8, 4) is 0 Å². The average Bonchev–Trinajstić information content (AvgIpc) is 2.34. The minimum atomic E-state index is -0.911. The third-order valence-corrected chi connectivity index (χ3v) is 3.18. The third-order valence-electron chi connectivity index (χ3n) is 2.31. The van der Waals surface area contributed by atoms with Gasteiger partial charge >= 0.3 is 0 Å². The molecule has 0 aliphatic heterocycles. The fourth-order valence-corrected chi connectivity index (χ4v) is 1.98. The number of hydrogen-bond acceptors (Lipinski definition) is 6. The van der Waals surface area contributed by atoms with Crippen molar-refractivity contribution in [1.82, 2.24) is 0 Å². The molecule has 0 spiro atoms. The molecular formula is C10H13N3O5S. The minimum absolute atomic E-state index is 0.220. The predicted molar refractivity (Wildman–Crippen MR) is 71.8 cm³/mol. The van der Waals surface area contributed by atoms with Crippen molar-refractivity contribution in [2.24, 2.45) is 0 Å². The number of nitro groups is 2. The van der Waals surface area contributed by atoms with E-state index < -0.39 is 20.6 Å². The van der Waals surface area contributed by atoms with Crippen LogP contribution in [0.2, 0.25) is 0 Å². The smallest absolute Gasteiger partial charge is 0.299 e. The maximum atomic E-state index is 10.9. The van der Waals surface area contributed by atoms with Crippen molar-refractivity contribution in [3.05, 3.63) is 38.4 Å². The Morgan fingerprint density at radius 2 is 1.95 bits per heavy atom. The zero-order valence-electron chi connectivity index (χ0n) is 10.2. The molecule has 0 heterocycles. The molecule has 0 amide bonds. The zero-order chi connectivity index (χ0) is 14.4. The van der Waals surface area contributed by atoms with Gasteiger partial charge in [0.2, 0.25) is 0 Å². The molecule has 0 aliphatic rings. The number of anilines is 1. The molecule has 0 radical (unpaired) electrons. The van der Waals surface area contributed by atoms with E-state index in [9.17, 15) is 24.4 Å². The third kappa shape index (κ3) is 4.62. The van der Waals surface area contributed by atoms with E-state index >= 15 is 0 Å². The van der Waals surface area contributed by atoms with Gasteiger partial charge in [-0.25, -0.2) is 0 Å². The van der Waals surface area contributed by atoms with E-state index in [1.165, 1.54) is 12.1 Å². The summed E-state index contributed by atoms with van der Waals surface area (Å²) in [5.74, 6) is 0.494. The molecule has 19 heavy (non-hydrogen) atoms. The monoisotopic (exact) mass is 287 g/mol. The van der Waals surface area contributed by atoms with Gasteiger partial charge in [0.25, 0.3) is 11.4 Å². The summed E-state index contributed by atoms with van der Waals surface area (Å²) in [7, 11) is -0.911. The molecule has 1 aromatic carbocycles. The quantitative estimate of drug-likeness (QED) is 0.463. The first-order chi connectivity index (χ1) is 8.91. The number of hydrogen-bond donors (Lipinski definition) is 1. The van der Waals surface area contributed by atoms with E-state index in [-0.39, 0.29) is 17.1 Å². The van der Waals surface area contributed by atoms with E-state index in [1.54, 1.807) is 6.26 Å². The topological polar surface area (TPSA) is 115 Å². The largest absolute Gasteiger partial charge is 0.379 e. The van der Waals surface area contributed by atoms with Crippen LogP contribution in [-0.4, -0.2) is 32.6 Å². The van der Waals surface area contributed by atoms with Crippen LogP contribution >= 0.6 is 0 Å². The number of nitrogens with one attached hydrogen (secondary N) is 1. The highest BCUT2D eigenvalue weighted by atomic mass is 32.2. The summed E-state index contributed by atoms with van der Waals surface area (Å²) >= 11 is 0. The second kappa shape index (κ2) is 6.78. The van der Waals surface area contributed by atoms with Crippen LogP contribution in [0.4, 0.5) is 17.1 Å². The second-order valence-corrected chi connectivity index (χ2v) is 5.33. The predicted octanol–water partition coefficient (Wildman–Crippen LogP) is 1.68. The molecule has 0 aromatic heterocycles. The van der Waals surface area contributed by atoms with Crippen LogP contribution in [0.1, 0.15) is 6.42 Å². The van der Waals surface area contributed by atoms with Gasteiger partial charge in [0.05, 0.1) is 15.9 Å². The van der Waals surface area contributed by atoms with Crippen molar-refractivity contribution >= 4 is 27.9 Å². The van der Waals surface area contributed by atoms with Crippen molar-refractivity contribution < 1.29 is 14.1 Å². The van der Waals surface area contributed by atoms with E-state index in [2.05, 4.69) is 5.32 Å². The SMILES string of the molecule is CS(=O)CCCNc1ccc([N+](=O)[O-])cc1[N+](=O)[O-]. The molecule has 0 aliphatic carbocycles. The summed E-state index contributed by atoms with van der Waals surface area (Å²) in [5, 5.41) is 24.2. The Morgan fingerprint density at radius 3 is 2.47 bits per heavy atom. The van der Waals surface area contributed by atoms with Crippen LogP contribution in [0, 0.1) is 20.2 Å². The molecule has 104 valence electrons. The standard InChI is InChI=1S/C10H13N3O5S/c1-19(18)6-2-5-11-9-4-3-8(12(14)15)7-10(9)13(16)17/h3-4,7,11H,2,5-6H2,1H3. The zero-order valence-corrected chi connectivity index (χ0v) is 11.0. The van der Waals surface area contributed by atoms with E-state index in [0.717, 1.165) is 6.07 Å². The van der Waals surface area contributed by atoms with Crippen LogP contribution in [0.3, 0.4) is 0 Å². The highest BCUT2D eigenvalue weighted by molar-refractivity contribution is 7.84. The highest BCUT2D eigenvalue weighted by Crippen LogP contribution is 2.28. The van der Waals surface area contributed by atoms with Crippen molar-refractivity contribution in [2.45, 2.75) is 6.42 Å². The van der Waals surface area contributed by atoms with Gasteiger partial charge in [0.1, 0.15) is 5.69 Å². The van der Waals surface area contributed by atoms with Crippen molar-refractivity contribution in [2.75, 3.05) is 23.9 Å². The van der Waals surface area contributed by atoms with Crippen LogP contribution in [0.5, 0.6) is 0 Å². The molecule has 1 unspecified atom stereocenters. The van der Waals surface area contributed by atoms with Crippen LogP contribution in [0.15, 0.2) is 18.2 Å². The maximum Gasteiger partial charge on any atom is 0.299 e. The summed E-state index contributed by atoms with van der Waals surface area (Å²) in [4.78, 5) is 20.0. The Labute approximate surface area is 111 Å². The van der Waals surface area contributed by atoms with Crippen LogP contribution in [0.25, 0.3) is 0 Å².